The van der Waals surface area contributed by atoms with Gasteiger partial charge < -0.3 is 34.9 Å². The highest BCUT2D eigenvalue weighted by Gasteiger charge is 2.35. The molecule has 0 saturated carbocycles. The lowest BCUT2D eigenvalue weighted by Gasteiger charge is -2.17. The fourth-order valence-corrected chi connectivity index (χ4v) is 5.63. The van der Waals surface area contributed by atoms with Crippen molar-refractivity contribution in [2.24, 2.45) is 0 Å². The maximum atomic E-state index is 13.7. The Hall–Kier alpha value is -4.64. The van der Waals surface area contributed by atoms with Crippen LogP contribution in [0.15, 0.2) is 72.9 Å². The van der Waals surface area contributed by atoms with Crippen molar-refractivity contribution >= 4 is 56.6 Å². The van der Waals surface area contributed by atoms with Gasteiger partial charge in [0.15, 0.2) is 0 Å². The first-order valence-corrected chi connectivity index (χ1v) is 14.3. The second-order valence-corrected chi connectivity index (χ2v) is 10.5. The van der Waals surface area contributed by atoms with Gasteiger partial charge in [-0.2, -0.15) is 0 Å². The molecule has 0 aliphatic carbocycles. The molecular weight excluding hydrogens is 572 g/mol. The molecular formula is C32H29ClN4O6. The minimum absolute atomic E-state index is 0.0397. The van der Waals surface area contributed by atoms with Crippen LogP contribution in [0, 0.1) is 0 Å². The summed E-state index contributed by atoms with van der Waals surface area (Å²) < 4.78 is 10.7. The predicted molar refractivity (Wildman–Crippen MR) is 165 cm³/mol. The Morgan fingerprint density at radius 3 is 2.60 bits per heavy atom. The molecule has 0 saturated heterocycles. The minimum Gasteiger partial charge on any atom is -0.507 e. The average Bonchev–Trinajstić information content (AvgIpc) is 3.62. The summed E-state index contributed by atoms with van der Waals surface area (Å²) in [7, 11) is 0. The molecule has 3 aromatic carbocycles. The molecule has 4 N–H and O–H groups in total. The molecule has 10 nitrogen and oxygen atoms in total. The summed E-state index contributed by atoms with van der Waals surface area (Å²) in [6.45, 7) is 1.29. The molecule has 1 aliphatic heterocycles. The van der Waals surface area contributed by atoms with Crippen molar-refractivity contribution in [3.63, 3.8) is 0 Å². The largest absolute Gasteiger partial charge is 0.507 e. The van der Waals surface area contributed by atoms with E-state index in [2.05, 4.69) is 15.3 Å². The Bertz CT molecular complexity index is 1810. The number of ether oxygens (including phenoxy) is 2. The van der Waals surface area contributed by atoms with Gasteiger partial charge in [0.05, 0.1) is 37.2 Å². The average molecular weight is 601 g/mol. The number of fused-ring (bicyclic) bond motifs is 4. The number of aliphatic hydroxyl groups excluding tert-OH is 1. The number of phenolic OH excluding ortho intramolecular Hbond substituents is 1. The number of alkyl halides is 1. The van der Waals surface area contributed by atoms with E-state index in [4.69, 9.17) is 26.2 Å². The number of aromatic amines is 1. The van der Waals surface area contributed by atoms with Gasteiger partial charge in [-0.3, -0.25) is 9.59 Å². The number of aliphatic hydroxyl groups is 1. The second kappa shape index (κ2) is 12.3. The molecule has 5 aromatic rings. The van der Waals surface area contributed by atoms with Crippen LogP contribution in [0.4, 0.5) is 11.5 Å². The Morgan fingerprint density at radius 1 is 1.05 bits per heavy atom. The van der Waals surface area contributed by atoms with Crippen LogP contribution in [0.3, 0.4) is 0 Å². The van der Waals surface area contributed by atoms with Crippen LogP contribution < -0.4 is 15.0 Å². The lowest BCUT2D eigenvalue weighted by Crippen LogP contribution is -2.30. The fraction of sp³-hybridized carbons (Fsp3) is 0.219. The van der Waals surface area contributed by atoms with Crippen LogP contribution in [-0.2, 0) is 4.74 Å². The van der Waals surface area contributed by atoms with Crippen molar-refractivity contribution in [1.29, 1.82) is 0 Å². The maximum Gasteiger partial charge on any atom is 0.274 e. The Kier molecular flexibility index (Phi) is 8.15. The number of nitrogens with zero attached hydrogens (tertiary/aromatic N) is 2. The molecule has 2 aromatic heterocycles. The molecule has 3 heterocycles. The number of amides is 2. The zero-order valence-electron chi connectivity index (χ0n) is 23.0. The number of nitrogens with one attached hydrogen (secondary N) is 2. The van der Waals surface area contributed by atoms with Crippen molar-refractivity contribution < 1.29 is 29.3 Å². The highest BCUT2D eigenvalue weighted by atomic mass is 35.5. The standard InChI is InChI=1S/C32H29ClN4O6/c33-16-21-18-37(27-15-28(39)23-3-1-2-4-24(23)30(21)27)32(41)25-13-20-14-29(34-17-26(20)35-25)36-31(40)19-5-7-22(8-6-19)43-12-11-42-10-9-38/h1-8,13-15,17,21,35,38-39H,9-12,16,18H2,(H,34,36,40)/t21-/m1/s1. The van der Waals surface area contributed by atoms with Crippen molar-refractivity contribution in [2.75, 3.05) is 49.1 Å². The first-order chi connectivity index (χ1) is 21.0. The van der Waals surface area contributed by atoms with Crippen molar-refractivity contribution in [3.05, 3.63) is 89.7 Å². The number of halogens is 1. The Labute approximate surface area is 251 Å². The molecule has 0 fully saturated rings. The number of pyridine rings is 1. The number of hydrogen-bond acceptors (Lipinski definition) is 7. The van der Waals surface area contributed by atoms with Crippen molar-refractivity contribution in [3.8, 4) is 11.5 Å². The van der Waals surface area contributed by atoms with Crippen LogP contribution in [0.25, 0.3) is 21.7 Å². The summed E-state index contributed by atoms with van der Waals surface area (Å²) in [6, 6.07) is 19.3. The molecule has 0 radical (unpaired) electrons. The smallest absolute Gasteiger partial charge is 0.274 e. The number of carbonyl (C=O) groups is 2. The topological polar surface area (TPSA) is 137 Å². The molecule has 6 rings (SSSR count). The van der Waals surface area contributed by atoms with E-state index in [1.165, 1.54) is 0 Å². The third-order valence-electron chi connectivity index (χ3n) is 7.40. The highest BCUT2D eigenvalue weighted by Crippen LogP contribution is 2.45. The molecule has 0 bridgehead atoms. The lowest BCUT2D eigenvalue weighted by molar-refractivity contribution is 0.0705. The quantitative estimate of drug-likeness (QED) is 0.130. The van der Waals surface area contributed by atoms with E-state index in [-0.39, 0.29) is 36.7 Å². The summed E-state index contributed by atoms with van der Waals surface area (Å²) in [5.41, 5.74) is 3.01. The van der Waals surface area contributed by atoms with Crippen molar-refractivity contribution in [1.82, 2.24) is 9.97 Å². The van der Waals surface area contributed by atoms with Gasteiger partial charge in [-0.15, -0.1) is 11.6 Å². The number of anilines is 2. The Balaban J connectivity index is 1.17. The summed E-state index contributed by atoms with van der Waals surface area (Å²) in [6.07, 6.45) is 1.57. The number of carbonyl (C=O) groups excluding carboxylic acids is 2. The number of benzene rings is 3. The van der Waals surface area contributed by atoms with E-state index in [1.54, 1.807) is 53.6 Å². The Morgan fingerprint density at radius 2 is 1.84 bits per heavy atom. The van der Waals surface area contributed by atoms with E-state index in [0.29, 0.717) is 65.1 Å². The van der Waals surface area contributed by atoms with Gasteiger partial charge in [0.2, 0.25) is 0 Å². The minimum atomic E-state index is -0.343. The van der Waals surface area contributed by atoms with Gasteiger partial charge in [0.25, 0.3) is 11.8 Å². The predicted octanol–water partition coefficient (Wildman–Crippen LogP) is 5.04. The third kappa shape index (κ3) is 5.72. The first-order valence-electron chi connectivity index (χ1n) is 13.8. The van der Waals surface area contributed by atoms with Crippen LogP contribution in [0.5, 0.6) is 11.5 Å². The molecule has 43 heavy (non-hydrogen) atoms. The number of aromatic hydroxyl groups is 1. The molecule has 220 valence electrons. The van der Waals surface area contributed by atoms with Gasteiger partial charge in [0.1, 0.15) is 29.6 Å². The van der Waals surface area contributed by atoms with Gasteiger partial charge in [0, 0.05) is 40.7 Å². The van der Waals surface area contributed by atoms with Crippen LogP contribution >= 0.6 is 11.6 Å². The third-order valence-corrected chi connectivity index (χ3v) is 7.77. The van der Waals surface area contributed by atoms with Gasteiger partial charge >= 0.3 is 0 Å². The summed E-state index contributed by atoms with van der Waals surface area (Å²) in [5.74, 6) is 0.690. The van der Waals surface area contributed by atoms with E-state index in [9.17, 15) is 14.7 Å². The zero-order chi connectivity index (χ0) is 29.9. The number of hydrogen-bond donors (Lipinski definition) is 4. The molecule has 2 amide bonds. The number of phenols is 1. The number of aromatic nitrogens is 2. The van der Waals surface area contributed by atoms with Crippen LogP contribution in [0.1, 0.15) is 32.3 Å². The summed E-state index contributed by atoms with van der Waals surface area (Å²) >= 11 is 6.33. The van der Waals surface area contributed by atoms with Gasteiger partial charge in [-0.1, -0.05) is 24.3 Å². The molecule has 1 atom stereocenters. The first kappa shape index (κ1) is 28.5. The van der Waals surface area contributed by atoms with E-state index in [0.717, 1.165) is 16.3 Å². The van der Waals surface area contributed by atoms with Crippen molar-refractivity contribution in [2.45, 2.75) is 5.92 Å². The molecule has 1 aliphatic rings. The van der Waals surface area contributed by atoms with E-state index < -0.39 is 0 Å². The molecule has 0 unspecified atom stereocenters. The number of rotatable bonds is 10. The van der Waals surface area contributed by atoms with Crippen LogP contribution in [-0.4, -0.2) is 70.8 Å². The van der Waals surface area contributed by atoms with Gasteiger partial charge in [-0.05, 0) is 47.3 Å². The van der Waals surface area contributed by atoms with Gasteiger partial charge in [-0.25, -0.2) is 4.98 Å². The summed E-state index contributed by atoms with van der Waals surface area (Å²) in [4.78, 5) is 35.7. The SMILES string of the molecule is O=C(Nc1cc2cc(C(=O)N3C[C@@H](CCl)c4c3cc(O)c3ccccc43)[nH]c2cn1)c1ccc(OCCOCCO)cc1. The molecule has 11 heteroatoms. The second-order valence-electron chi connectivity index (χ2n) is 10.1. The lowest BCUT2D eigenvalue weighted by atomic mass is 9.95. The van der Waals surface area contributed by atoms with Crippen LogP contribution in [0.2, 0.25) is 0 Å². The normalized spacial score (nSPS) is 14.3. The molecule has 0 spiro atoms. The fourth-order valence-electron chi connectivity index (χ4n) is 5.38. The zero-order valence-corrected chi connectivity index (χ0v) is 23.8. The maximum absolute atomic E-state index is 13.7. The van der Waals surface area contributed by atoms with E-state index >= 15 is 0 Å². The highest BCUT2D eigenvalue weighted by molar-refractivity contribution is 6.19. The summed E-state index contributed by atoms with van der Waals surface area (Å²) in [5, 5.41) is 24.5. The number of H-pyrrole nitrogens is 1. The monoisotopic (exact) mass is 600 g/mol. The van der Waals surface area contributed by atoms with E-state index in [1.807, 2.05) is 24.3 Å².